The molecule has 3 aromatic rings. The van der Waals surface area contributed by atoms with Crippen molar-refractivity contribution >= 4 is 10.9 Å². The smallest absolute Gasteiger partial charge is 0.128 e. The van der Waals surface area contributed by atoms with Crippen molar-refractivity contribution in [1.82, 2.24) is 10.3 Å². The normalized spacial score (nSPS) is 11.0. The van der Waals surface area contributed by atoms with E-state index in [4.69, 9.17) is 14.6 Å². The van der Waals surface area contributed by atoms with Crippen LogP contribution in [0.15, 0.2) is 54.7 Å². The summed E-state index contributed by atoms with van der Waals surface area (Å²) in [5.41, 5.74) is 3.38. The molecular formula is C24H30N2O3. The maximum atomic E-state index is 8.94. The average molecular weight is 395 g/mol. The van der Waals surface area contributed by atoms with Crippen LogP contribution in [-0.2, 0) is 13.0 Å². The van der Waals surface area contributed by atoms with Crippen LogP contribution in [0.5, 0.6) is 11.5 Å². The van der Waals surface area contributed by atoms with E-state index in [2.05, 4.69) is 34.6 Å². The number of nitrogens with one attached hydrogen (secondary N) is 1. The molecule has 0 radical (unpaired) electrons. The second-order valence-corrected chi connectivity index (χ2v) is 7.03. The van der Waals surface area contributed by atoms with Gasteiger partial charge in [-0.05, 0) is 67.1 Å². The first-order valence-electron chi connectivity index (χ1n) is 10.3. The summed E-state index contributed by atoms with van der Waals surface area (Å²) >= 11 is 0. The number of methoxy groups -OCH3 is 1. The number of fused-ring (bicyclic) bond motifs is 1. The van der Waals surface area contributed by atoms with Crippen LogP contribution in [0.25, 0.3) is 10.9 Å². The van der Waals surface area contributed by atoms with Crippen LogP contribution in [0.2, 0.25) is 0 Å². The van der Waals surface area contributed by atoms with Gasteiger partial charge in [0.15, 0.2) is 0 Å². The van der Waals surface area contributed by atoms with Gasteiger partial charge in [0, 0.05) is 24.7 Å². The van der Waals surface area contributed by atoms with Crippen molar-refractivity contribution in [2.24, 2.45) is 0 Å². The largest absolute Gasteiger partial charge is 0.497 e. The van der Waals surface area contributed by atoms with Gasteiger partial charge in [0.05, 0.1) is 25.8 Å². The van der Waals surface area contributed by atoms with E-state index in [-0.39, 0.29) is 6.61 Å². The van der Waals surface area contributed by atoms with E-state index < -0.39 is 0 Å². The van der Waals surface area contributed by atoms with Crippen LogP contribution in [-0.4, -0.2) is 37.0 Å². The lowest BCUT2D eigenvalue weighted by atomic mass is 10.1. The molecule has 0 atom stereocenters. The van der Waals surface area contributed by atoms with Crippen LogP contribution in [0.4, 0.5) is 0 Å². The van der Waals surface area contributed by atoms with Gasteiger partial charge in [-0.15, -0.1) is 0 Å². The van der Waals surface area contributed by atoms with E-state index in [0.29, 0.717) is 19.7 Å². The zero-order valence-corrected chi connectivity index (χ0v) is 17.1. The van der Waals surface area contributed by atoms with Crippen molar-refractivity contribution in [3.63, 3.8) is 0 Å². The summed E-state index contributed by atoms with van der Waals surface area (Å²) in [7, 11) is 1.70. The summed E-state index contributed by atoms with van der Waals surface area (Å²) < 4.78 is 11.3. The Balaban J connectivity index is 1.48. The van der Waals surface area contributed by atoms with Crippen molar-refractivity contribution in [2.45, 2.75) is 32.2 Å². The molecule has 0 aliphatic rings. The molecular weight excluding hydrogens is 364 g/mol. The number of nitrogens with zero attached hydrogens (tertiary/aromatic N) is 1. The molecule has 0 saturated carbocycles. The zero-order chi connectivity index (χ0) is 20.3. The second kappa shape index (κ2) is 11.4. The number of aliphatic hydroxyl groups is 1. The molecule has 0 aliphatic heterocycles. The van der Waals surface area contributed by atoms with Gasteiger partial charge in [0.1, 0.15) is 11.5 Å². The molecule has 0 unspecified atom stereocenters. The molecule has 154 valence electrons. The summed E-state index contributed by atoms with van der Waals surface area (Å²) in [6.07, 6.45) is 6.14. The highest BCUT2D eigenvalue weighted by Crippen LogP contribution is 2.27. The van der Waals surface area contributed by atoms with Crippen molar-refractivity contribution in [3.8, 4) is 11.5 Å². The third-order valence-electron chi connectivity index (χ3n) is 4.92. The molecule has 2 N–H and O–H groups in total. The van der Waals surface area contributed by atoms with Gasteiger partial charge in [-0.3, -0.25) is 4.98 Å². The Hall–Kier alpha value is -2.63. The van der Waals surface area contributed by atoms with E-state index in [1.807, 2.05) is 24.3 Å². The lowest BCUT2D eigenvalue weighted by molar-refractivity contribution is 0.292. The number of hydrogen-bond donors (Lipinski definition) is 2. The monoisotopic (exact) mass is 394 g/mol. The van der Waals surface area contributed by atoms with Crippen LogP contribution in [0, 0.1) is 0 Å². The number of aromatic nitrogens is 1. The van der Waals surface area contributed by atoms with Gasteiger partial charge in [0.2, 0.25) is 0 Å². The minimum Gasteiger partial charge on any atom is -0.497 e. The summed E-state index contributed by atoms with van der Waals surface area (Å²) in [4.78, 5) is 4.53. The highest BCUT2D eigenvalue weighted by atomic mass is 16.5. The number of hydrogen-bond acceptors (Lipinski definition) is 5. The Labute approximate surface area is 172 Å². The SMILES string of the molecule is COc1cccc(CCCCCOc2ccc(CNCCO)c3ncccc23)c1. The topological polar surface area (TPSA) is 63.6 Å². The summed E-state index contributed by atoms with van der Waals surface area (Å²) in [6.45, 7) is 2.08. The quantitative estimate of drug-likeness (QED) is 0.453. The minimum absolute atomic E-state index is 0.129. The van der Waals surface area contributed by atoms with E-state index in [1.165, 1.54) is 5.56 Å². The van der Waals surface area contributed by atoms with Crippen molar-refractivity contribution in [2.75, 3.05) is 26.9 Å². The first kappa shape index (κ1) is 21.1. The fourth-order valence-corrected chi connectivity index (χ4v) is 3.39. The van der Waals surface area contributed by atoms with Gasteiger partial charge < -0.3 is 19.9 Å². The zero-order valence-electron chi connectivity index (χ0n) is 17.1. The number of benzene rings is 2. The molecule has 29 heavy (non-hydrogen) atoms. The molecule has 0 fully saturated rings. The fraction of sp³-hybridized carbons (Fsp3) is 0.375. The Kier molecular flexibility index (Phi) is 8.28. The molecule has 0 spiro atoms. The molecule has 0 amide bonds. The number of aliphatic hydroxyl groups excluding tert-OH is 1. The summed E-state index contributed by atoms with van der Waals surface area (Å²) in [5, 5.41) is 13.2. The third kappa shape index (κ3) is 6.17. The second-order valence-electron chi connectivity index (χ2n) is 7.03. The number of aryl methyl sites for hydroxylation is 1. The van der Waals surface area contributed by atoms with Gasteiger partial charge in [-0.2, -0.15) is 0 Å². The van der Waals surface area contributed by atoms with E-state index in [1.54, 1.807) is 13.3 Å². The third-order valence-corrected chi connectivity index (χ3v) is 4.92. The standard InChI is InChI=1S/C24H30N2O3/c1-28-21-9-5-8-19(17-21)7-3-2-4-16-29-23-12-11-20(18-25-14-15-27)24-22(23)10-6-13-26-24/h5-6,8-13,17,25,27H,2-4,7,14-16,18H2,1H3. The van der Waals surface area contributed by atoms with Gasteiger partial charge in [-0.1, -0.05) is 18.2 Å². The molecule has 0 saturated heterocycles. The highest BCUT2D eigenvalue weighted by Gasteiger charge is 2.08. The van der Waals surface area contributed by atoms with Gasteiger partial charge >= 0.3 is 0 Å². The summed E-state index contributed by atoms with van der Waals surface area (Å²) in [5.74, 6) is 1.80. The van der Waals surface area contributed by atoms with E-state index >= 15 is 0 Å². The maximum Gasteiger partial charge on any atom is 0.128 e. The van der Waals surface area contributed by atoms with E-state index in [9.17, 15) is 0 Å². The van der Waals surface area contributed by atoms with Crippen LogP contribution < -0.4 is 14.8 Å². The minimum atomic E-state index is 0.129. The predicted molar refractivity (Wildman–Crippen MR) is 117 cm³/mol. The van der Waals surface area contributed by atoms with Crippen molar-refractivity contribution in [1.29, 1.82) is 0 Å². The summed E-state index contributed by atoms with van der Waals surface area (Å²) in [6, 6.07) is 16.3. The predicted octanol–water partition coefficient (Wildman–Crippen LogP) is 4.12. The molecule has 3 rings (SSSR count). The Bertz CT molecular complexity index is 898. The lowest BCUT2D eigenvalue weighted by Crippen LogP contribution is -2.17. The van der Waals surface area contributed by atoms with Crippen molar-refractivity contribution < 1.29 is 14.6 Å². The molecule has 5 nitrogen and oxygen atoms in total. The van der Waals surface area contributed by atoms with Crippen LogP contribution >= 0.6 is 0 Å². The molecule has 1 aromatic heterocycles. The Morgan fingerprint density at radius 2 is 1.97 bits per heavy atom. The average Bonchev–Trinajstić information content (AvgIpc) is 2.77. The maximum absolute atomic E-state index is 8.94. The molecule has 5 heteroatoms. The lowest BCUT2D eigenvalue weighted by Gasteiger charge is -2.12. The molecule has 0 aliphatic carbocycles. The number of pyridine rings is 1. The van der Waals surface area contributed by atoms with Gasteiger partial charge in [-0.25, -0.2) is 0 Å². The fourth-order valence-electron chi connectivity index (χ4n) is 3.39. The van der Waals surface area contributed by atoms with E-state index in [0.717, 1.165) is 53.6 Å². The first-order chi connectivity index (χ1) is 14.3. The highest BCUT2D eigenvalue weighted by molar-refractivity contribution is 5.87. The van der Waals surface area contributed by atoms with Crippen molar-refractivity contribution in [3.05, 3.63) is 65.9 Å². The number of rotatable bonds is 12. The van der Waals surface area contributed by atoms with Crippen LogP contribution in [0.1, 0.15) is 30.4 Å². The molecule has 1 heterocycles. The Morgan fingerprint density at radius 1 is 1.03 bits per heavy atom. The molecule has 0 bridgehead atoms. The first-order valence-corrected chi connectivity index (χ1v) is 10.3. The van der Waals surface area contributed by atoms with Gasteiger partial charge in [0.25, 0.3) is 0 Å². The number of unbranched alkanes of at least 4 members (excludes halogenated alkanes) is 2. The van der Waals surface area contributed by atoms with Crippen LogP contribution in [0.3, 0.4) is 0 Å². The Morgan fingerprint density at radius 3 is 2.83 bits per heavy atom. The molecule has 2 aromatic carbocycles. The number of ether oxygens (including phenoxy) is 2.